The highest BCUT2D eigenvalue weighted by Crippen LogP contribution is 2.12. The molecule has 0 fully saturated rings. The first-order valence-corrected chi connectivity index (χ1v) is 4.01. The van der Waals surface area contributed by atoms with Crippen molar-refractivity contribution in [1.29, 1.82) is 0 Å². The van der Waals surface area contributed by atoms with Gasteiger partial charge in [0, 0.05) is 5.41 Å². The summed E-state index contributed by atoms with van der Waals surface area (Å²) in [5, 5.41) is 0. The van der Waals surface area contributed by atoms with E-state index in [-0.39, 0.29) is 5.41 Å². The molecule has 0 aliphatic carbocycles. The molecule has 0 unspecified atom stereocenters. The van der Waals surface area contributed by atoms with Gasteiger partial charge in [-0.15, -0.1) is 6.58 Å². The summed E-state index contributed by atoms with van der Waals surface area (Å²) in [6, 6.07) is 0. The van der Waals surface area contributed by atoms with Crippen molar-refractivity contribution in [3.63, 3.8) is 0 Å². The maximum Gasteiger partial charge on any atom is 0.0529 e. The van der Waals surface area contributed by atoms with Crippen molar-refractivity contribution in [1.82, 2.24) is 0 Å². The Balaban J connectivity index is 3.29. The van der Waals surface area contributed by atoms with Crippen LogP contribution in [0.25, 0.3) is 0 Å². The second-order valence-corrected chi connectivity index (χ2v) is 3.50. The van der Waals surface area contributed by atoms with Gasteiger partial charge in [0.25, 0.3) is 0 Å². The van der Waals surface area contributed by atoms with Crippen LogP contribution in [-0.2, 0) is 4.74 Å². The fourth-order valence-corrected chi connectivity index (χ4v) is 0.574. The van der Waals surface area contributed by atoms with Crippen molar-refractivity contribution in [2.45, 2.75) is 20.3 Å². The zero-order valence-electron chi connectivity index (χ0n) is 7.60. The summed E-state index contributed by atoms with van der Waals surface area (Å²) >= 11 is 0. The molecule has 0 spiro atoms. The van der Waals surface area contributed by atoms with E-state index in [0.29, 0.717) is 6.54 Å². The number of nitrogens with two attached hydrogens (primary N) is 1. The van der Waals surface area contributed by atoms with Crippen LogP contribution in [0.15, 0.2) is 12.7 Å². The lowest BCUT2D eigenvalue weighted by Gasteiger charge is -2.21. The van der Waals surface area contributed by atoms with Crippen molar-refractivity contribution < 1.29 is 4.74 Å². The highest BCUT2D eigenvalue weighted by molar-refractivity contribution is 4.69. The van der Waals surface area contributed by atoms with Gasteiger partial charge >= 0.3 is 0 Å². The van der Waals surface area contributed by atoms with Crippen LogP contribution in [0.1, 0.15) is 20.3 Å². The zero-order valence-corrected chi connectivity index (χ0v) is 7.60. The molecular formula is C9H19NO. The van der Waals surface area contributed by atoms with Crippen LogP contribution in [0, 0.1) is 5.41 Å². The molecule has 0 saturated heterocycles. The predicted octanol–water partition coefficient (Wildman–Crippen LogP) is 1.56. The van der Waals surface area contributed by atoms with Crippen LogP contribution >= 0.6 is 0 Å². The van der Waals surface area contributed by atoms with Crippen molar-refractivity contribution in [3.8, 4) is 0 Å². The van der Waals surface area contributed by atoms with Crippen molar-refractivity contribution in [3.05, 3.63) is 12.7 Å². The van der Waals surface area contributed by atoms with E-state index < -0.39 is 0 Å². The first-order valence-electron chi connectivity index (χ1n) is 4.01. The minimum atomic E-state index is 0.112. The van der Waals surface area contributed by atoms with Gasteiger partial charge in [0.2, 0.25) is 0 Å². The summed E-state index contributed by atoms with van der Waals surface area (Å²) in [5.74, 6) is 0. The molecule has 66 valence electrons. The molecule has 0 radical (unpaired) electrons. The molecule has 0 bridgehead atoms. The van der Waals surface area contributed by atoms with Crippen LogP contribution in [0.5, 0.6) is 0 Å². The molecule has 0 amide bonds. The number of hydrogen-bond donors (Lipinski definition) is 1. The van der Waals surface area contributed by atoms with Gasteiger partial charge in [0.1, 0.15) is 0 Å². The molecule has 0 aromatic carbocycles. The molecule has 0 atom stereocenters. The lowest BCUT2D eigenvalue weighted by molar-refractivity contribution is 0.0695. The average molecular weight is 157 g/mol. The Morgan fingerprint density at radius 1 is 1.55 bits per heavy atom. The van der Waals surface area contributed by atoms with Gasteiger partial charge in [-0.25, -0.2) is 0 Å². The predicted molar refractivity (Wildman–Crippen MR) is 48.5 cm³/mol. The molecule has 11 heavy (non-hydrogen) atoms. The summed E-state index contributed by atoms with van der Waals surface area (Å²) in [6.45, 7) is 9.96. The van der Waals surface area contributed by atoms with Crippen molar-refractivity contribution in [2.24, 2.45) is 11.1 Å². The topological polar surface area (TPSA) is 35.2 Å². The Morgan fingerprint density at radius 3 is 2.64 bits per heavy atom. The Labute approximate surface area is 69.4 Å². The number of rotatable bonds is 6. The van der Waals surface area contributed by atoms with Gasteiger partial charge < -0.3 is 10.5 Å². The quantitative estimate of drug-likeness (QED) is 0.469. The van der Waals surface area contributed by atoms with E-state index >= 15 is 0 Å². The Hall–Kier alpha value is -0.340. The largest absolute Gasteiger partial charge is 0.381 e. The molecule has 2 heteroatoms. The summed E-state index contributed by atoms with van der Waals surface area (Å²) in [6.07, 6.45) is 2.77. The highest BCUT2D eigenvalue weighted by Gasteiger charge is 2.14. The van der Waals surface area contributed by atoms with E-state index in [0.717, 1.165) is 19.6 Å². The summed E-state index contributed by atoms with van der Waals surface area (Å²) in [5.41, 5.74) is 5.63. The van der Waals surface area contributed by atoms with Crippen LogP contribution in [-0.4, -0.2) is 19.8 Å². The number of ether oxygens (including phenoxy) is 1. The summed E-state index contributed by atoms with van der Waals surface area (Å²) in [4.78, 5) is 0. The molecule has 0 rings (SSSR count). The maximum atomic E-state index is 5.52. The van der Waals surface area contributed by atoms with Crippen molar-refractivity contribution in [2.75, 3.05) is 19.8 Å². The monoisotopic (exact) mass is 157 g/mol. The zero-order chi connectivity index (χ0) is 8.74. The Bertz CT molecular complexity index is 110. The van der Waals surface area contributed by atoms with Gasteiger partial charge in [-0.1, -0.05) is 19.9 Å². The first kappa shape index (κ1) is 10.7. The fourth-order valence-electron chi connectivity index (χ4n) is 0.574. The molecule has 0 aromatic heterocycles. The third-order valence-corrected chi connectivity index (χ3v) is 1.51. The minimum absolute atomic E-state index is 0.112. The van der Waals surface area contributed by atoms with E-state index in [9.17, 15) is 0 Å². The van der Waals surface area contributed by atoms with E-state index in [2.05, 4.69) is 20.4 Å². The molecule has 0 aromatic rings. The lowest BCUT2D eigenvalue weighted by Crippen LogP contribution is -2.28. The molecule has 2 N–H and O–H groups in total. The maximum absolute atomic E-state index is 5.52. The van der Waals surface area contributed by atoms with Gasteiger partial charge in [-0.2, -0.15) is 0 Å². The molecule has 0 aliphatic heterocycles. The van der Waals surface area contributed by atoms with Gasteiger partial charge in [-0.3, -0.25) is 0 Å². The average Bonchev–Trinajstić information content (AvgIpc) is 1.99. The van der Waals surface area contributed by atoms with Crippen LogP contribution < -0.4 is 5.73 Å². The standard InChI is InChI=1S/C9H19NO/c1-4-5-6-11-8-9(2,3)7-10/h4H,1,5-8,10H2,2-3H3. The third-order valence-electron chi connectivity index (χ3n) is 1.51. The first-order chi connectivity index (χ1) is 5.12. The van der Waals surface area contributed by atoms with Gasteiger partial charge in [0.15, 0.2) is 0 Å². The second-order valence-electron chi connectivity index (χ2n) is 3.50. The fraction of sp³-hybridized carbons (Fsp3) is 0.778. The van der Waals surface area contributed by atoms with E-state index in [1.165, 1.54) is 0 Å². The lowest BCUT2D eigenvalue weighted by atomic mass is 9.95. The molecule has 0 saturated carbocycles. The second kappa shape index (κ2) is 5.33. The Morgan fingerprint density at radius 2 is 2.18 bits per heavy atom. The van der Waals surface area contributed by atoms with Crippen molar-refractivity contribution >= 4 is 0 Å². The van der Waals surface area contributed by atoms with Crippen LogP contribution in [0.3, 0.4) is 0 Å². The SMILES string of the molecule is C=CCCOCC(C)(C)CN. The van der Waals surface area contributed by atoms with E-state index in [1.54, 1.807) is 0 Å². The van der Waals surface area contributed by atoms with Crippen LogP contribution in [0.4, 0.5) is 0 Å². The normalized spacial score (nSPS) is 11.5. The van der Waals surface area contributed by atoms with Crippen LogP contribution in [0.2, 0.25) is 0 Å². The molecule has 0 heterocycles. The van der Waals surface area contributed by atoms with E-state index in [4.69, 9.17) is 10.5 Å². The molecule has 0 aliphatic rings. The van der Waals surface area contributed by atoms with Gasteiger partial charge in [0.05, 0.1) is 13.2 Å². The molecular weight excluding hydrogens is 138 g/mol. The van der Waals surface area contributed by atoms with E-state index in [1.807, 2.05) is 6.08 Å². The number of hydrogen-bond acceptors (Lipinski definition) is 2. The minimum Gasteiger partial charge on any atom is -0.381 e. The Kier molecular flexibility index (Phi) is 5.16. The van der Waals surface area contributed by atoms with Gasteiger partial charge in [-0.05, 0) is 13.0 Å². The summed E-state index contributed by atoms with van der Waals surface area (Å²) in [7, 11) is 0. The highest BCUT2D eigenvalue weighted by atomic mass is 16.5. The third kappa shape index (κ3) is 6.07. The summed E-state index contributed by atoms with van der Waals surface area (Å²) < 4.78 is 5.38. The smallest absolute Gasteiger partial charge is 0.0529 e. The molecule has 2 nitrogen and oxygen atoms in total.